The highest BCUT2D eigenvalue weighted by molar-refractivity contribution is 5.68. The molecule has 0 amide bonds. The summed E-state index contributed by atoms with van der Waals surface area (Å²) in [5.74, 6) is 0. The van der Waals surface area contributed by atoms with Gasteiger partial charge in [0.2, 0.25) is 0 Å². The average Bonchev–Trinajstić information content (AvgIpc) is 2.90. The first-order valence-electron chi connectivity index (χ1n) is 14.2. The van der Waals surface area contributed by atoms with Gasteiger partial charge in [0, 0.05) is 23.4 Å². The monoisotopic (exact) mass is 483 g/mol. The number of hydrogen-bond donors (Lipinski definition) is 1. The van der Waals surface area contributed by atoms with Gasteiger partial charge in [-0.05, 0) is 104 Å². The second-order valence-corrected chi connectivity index (χ2v) is 11.2. The molecule has 1 aromatic heterocycles. The second-order valence-electron chi connectivity index (χ2n) is 11.2. The third-order valence-electron chi connectivity index (χ3n) is 9.04. The van der Waals surface area contributed by atoms with Gasteiger partial charge in [0.1, 0.15) is 0 Å². The topological polar surface area (TPSA) is 33.1 Å². The van der Waals surface area contributed by atoms with Crippen LogP contribution in [0.5, 0.6) is 0 Å². The zero-order chi connectivity index (χ0) is 25.8. The van der Waals surface area contributed by atoms with Crippen LogP contribution in [0, 0.1) is 13.8 Å². The van der Waals surface area contributed by atoms with Crippen molar-refractivity contribution >= 4 is 0 Å². The lowest BCUT2D eigenvalue weighted by Gasteiger charge is -2.35. The summed E-state index contributed by atoms with van der Waals surface area (Å²) in [5, 5.41) is 11.0. The van der Waals surface area contributed by atoms with Gasteiger partial charge in [0.25, 0.3) is 0 Å². The van der Waals surface area contributed by atoms with Gasteiger partial charge in [-0.3, -0.25) is 4.98 Å². The Hall–Kier alpha value is -2.45. The van der Waals surface area contributed by atoms with Crippen molar-refractivity contribution in [1.82, 2.24) is 4.98 Å². The average molecular weight is 484 g/mol. The summed E-state index contributed by atoms with van der Waals surface area (Å²) in [5.41, 5.74) is 10.2. The van der Waals surface area contributed by atoms with Crippen molar-refractivity contribution in [1.29, 1.82) is 0 Å². The minimum atomic E-state index is -0.453. The smallest absolute Gasteiger partial charge is 0.0651 e. The highest BCUT2D eigenvalue weighted by Crippen LogP contribution is 2.41. The third kappa shape index (κ3) is 5.44. The fourth-order valence-electron chi connectivity index (χ4n) is 6.45. The van der Waals surface area contributed by atoms with E-state index in [2.05, 4.69) is 82.1 Å². The molecule has 0 radical (unpaired) electrons. The number of pyridine rings is 1. The fourth-order valence-corrected chi connectivity index (χ4v) is 6.45. The molecule has 1 aliphatic carbocycles. The number of aromatic nitrogens is 1. The molecule has 0 aliphatic heterocycles. The molecule has 1 aliphatic rings. The predicted octanol–water partition coefficient (Wildman–Crippen LogP) is 8.66. The van der Waals surface area contributed by atoms with Gasteiger partial charge in [-0.2, -0.15) is 0 Å². The lowest BCUT2D eigenvalue weighted by Crippen LogP contribution is -2.31. The van der Waals surface area contributed by atoms with Crippen LogP contribution in [0.15, 0.2) is 54.9 Å². The van der Waals surface area contributed by atoms with Crippen LogP contribution in [0.4, 0.5) is 0 Å². The highest BCUT2D eigenvalue weighted by Gasteiger charge is 2.32. The minimum Gasteiger partial charge on any atom is -0.390 e. The van der Waals surface area contributed by atoms with Crippen LogP contribution in [0.2, 0.25) is 0 Å². The Morgan fingerprint density at radius 1 is 0.833 bits per heavy atom. The first kappa shape index (κ1) is 26.6. The molecule has 0 atom stereocenters. The Balaban J connectivity index is 1.62. The molecule has 1 fully saturated rings. The number of benzene rings is 2. The lowest BCUT2D eigenvalue weighted by atomic mass is 9.69. The van der Waals surface area contributed by atoms with E-state index in [-0.39, 0.29) is 5.41 Å². The SMILES string of the molecule is CCc1cncc(-c2ccc(C(CC)(CC)c3ccc(CCC4(O)CCCCC4)c(C)c3)cc2C)c1. The van der Waals surface area contributed by atoms with Gasteiger partial charge < -0.3 is 5.11 Å². The molecule has 1 saturated carbocycles. The minimum absolute atomic E-state index is 0.00231. The molecule has 192 valence electrons. The molecule has 2 aromatic carbocycles. The van der Waals surface area contributed by atoms with E-state index in [1.54, 1.807) is 0 Å². The summed E-state index contributed by atoms with van der Waals surface area (Å²) in [7, 11) is 0. The zero-order valence-electron chi connectivity index (χ0n) is 23.2. The Morgan fingerprint density at radius 2 is 1.50 bits per heavy atom. The summed E-state index contributed by atoms with van der Waals surface area (Å²) in [4.78, 5) is 4.48. The molecule has 1 N–H and O–H groups in total. The van der Waals surface area contributed by atoms with Crippen molar-refractivity contribution in [2.75, 3.05) is 0 Å². The quantitative estimate of drug-likeness (QED) is 0.330. The Bertz CT molecular complexity index is 1170. The van der Waals surface area contributed by atoms with Crippen LogP contribution in [0.3, 0.4) is 0 Å². The van der Waals surface area contributed by atoms with Crippen molar-refractivity contribution in [3.63, 3.8) is 0 Å². The summed E-state index contributed by atoms with van der Waals surface area (Å²) >= 11 is 0. The number of aryl methyl sites for hydroxylation is 4. The van der Waals surface area contributed by atoms with Gasteiger partial charge in [-0.15, -0.1) is 0 Å². The Kier molecular flexibility index (Phi) is 8.35. The molecule has 0 saturated heterocycles. The predicted molar refractivity (Wildman–Crippen MR) is 153 cm³/mol. The summed E-state index contributed by atoms with van der Waals surface area (Å²) in [6, 6.07) is 16.4. The normalized spacial score (nSPS) is 15.7. The summed E-state index contributed by atoms with van der Waals surface area (Å²) < 4.78 is 0. The van der Waals surface area contributed by atoms with E-state index in [1.165, 1.54) is 63.8 Å². The van der Waals surface area contributed by atoms with Crippen LogP contribution in [0.25, 0.3) is 11.1 Å². The molecule has 2 nitrogen and oxygen atoms in total. The number of nitrogens with zero attached hydrogens (tertiary/aromatic N) is 1. The largest absolute Gasteiger partial charge is 0.390 e. The zero-order valence-corrected chi connectivity index (χ0v) is 23.2. The first-order chi connectivity index (χ1) is 17.3. The van der Waals surface area contributed by atoms with Gasteiger partial charge in [0.15, 0.2) is 0 Å². The standard InChI is InChI=1S/C34H45NO/c1-6-27-22-29(24-35-23-27)32-15-14-31(21-26(32)5)34(7-2,8-3)30-13-12-28(25(4)20-30)16-19-33(36)17-10-9-11-18-33/h12-15,20-24,36H,6-11,16-19H2,1-5H3. The second kappa shape index (κ2) is 11.3. The Morgan fingerprint density at radius 3 is 2.11 bits per heavy atom. The van der Waals surface area contributed by atoms with Crippen molar-refractivity contribution in [2.45, 2.75) is 110 Å². The molecule has 3 aromatic rings. The van der Waals surface area contributed by atoms with E-state index in [1.807, 2.05) is 12.4 Å². The maximum atomic E-state index is 11.0. The van der Waals surface area contributed by atoms with E-state index in [0.29, 0.717) is 0 Å². The first-order valence-corrected chi connectivity index (χ1v) is 14.2. The Labute approximate surface area is 219 Å². The van der Waals surface area contributed by atoms with Crippen LogP contribution in [-0.2, 0) is 18.3 Å². The van der Waals surface area contributed by atoms with E-state index in [4.69, 9.17) is 0 Å². The molecular weight excluding hydrogens is 438 g/mol. The molecule has 36 heavy (non-hydrogen) atoms. The summed E-state index contributed by atoms with van der Waals surface area (Å²) in [6.07, 6.45) is 14.5. The maximum absolute atomic E-state index is 11.0. The molecule has 0 bridgehead atoms. The molecular formula is C34H45NO. The van der Waals surface area contributed by atoms with Crippen LogP contribution >= 0.6 is 0 Å². The molecule has 2 heteroatoms. The molecule has 0 spiro atoms. The van der Waals surface area contributed by atoms with Gasteiger partial charge in [-0.25, -0.2) is 0 Å². The van der Waals surface area contributed by atoms with Gasteiger partial charge in [-0.1, -0.05) is 76.4 Å². The fraction of sp³-hybridized carbons (Fsp3) is 0.500. The number of rotatable bonds is 9. The van der Waals surface area contributed by atoms with Crippen molar-refractivity contribution in [3.05, 3.63) is 88.2 Å². The number of hydrogen-bond acceptors (Lipinski definition) is 2. The van der Waals surface area contributed by atoms with E-state index < -0.39 is 5.60 Å². The summed E-state index contributed by atoms with van der Waals surface area (Å²) in [6.45, 7) is 11.3. The third-order valence-corrected chi connectivity index (χ3v) is 9.04. The van der Waals surface area contributed by atoms with E-state index in [9.17, 15) is 5.11 Å². The van der Waals surface area contributed by atoms with Gasteiger partial charge in [0.05, 0.1) is 5.60 Å². The van der Waals surface area contributed by atoms with Gasteiger partial charge >= 0.3 is 0 Å². The van der Waals surface area contributed by atoms with Crippen LogP contribution in [0.1, 0.15) is 106 Å². The van der Waals surface area contributed by atoms with Crippen molar-refractivity contribution in [2.24, 2.45) is 0 Å². The van der Waals surface area contributed by atoms with Crippen molar-refractivity contribution < 1.29 is 5.11 Å². The molecule has 1 heterocycles. The number of aliphatic hydroxyl groups is 1. The van der Waals surface area contributed by atoms with E-state index in [0.717, 1.165) is 44.9 Å². The van der Waals surface area contributed by atoms with Crippen LogP contribution in [-0.4, -0.2) is 15.7 Å². The van der Waals surface area contributed by atoms with E-state index >= 15 is 0 Å². The highest BCUT2D eigenvalue weighted by atomic mass is 16.3. The van der Waals surface area contributed by atoms with Crippen molar-refractivity contribution in [3.8, 4) is 11.1 Å². The van der Waals surface area contributed by atoms with Crippen LogP contribution < -0.4 is 0 Å². The molecule has 4 rings (SSSR count). The molecule has 0 unspecified atom stereocenters. The lowest BCUT2D eigenvalue weighted by molar-refractivity contribution is -0.00344. The maximum Gasteiger partial charge on any atom is 0.0651 e.